The molecule has 0 aliphatic carbocycles. The largest absolute Gasteiger partial charge is 0.469 e. The van der Waals surface area contributed by atoms with E-state index in [2.05, 4.69) is 48.3 Å². The number of nitrogens with one attached hydrogen (secondary N) is 1. The number of carbonyl (C=O) groups excluding carboxylic acids is 1. The minimum atomic E-state index is -0.0885. The minimum Gasteiger partial charge on any atom is -0.469 e. The summed E-state index contributed by atoms with van der Waals surface area (Å²) in [6.45, 7) is 7.57. The minimum absolute atomic E-state index is 0. The average Bonchev–Trinajstić information content (AvgIpc) is 2.65. The molecule has 0 bridgehead atoms. The van der Waals surface area contributed by atoms with Crippen molar-refractivity contribution in [2.24, 2.45) is 10.9 Å². The van der Waals surface area contributed by atoms with Crippen molar-refractivity contribution in [2.45, 2.75) is 36.8 Å². The Morgan fingerprint density at radius 2 is 2.00 bits per heavy atom. The molecule has 1 aromatic rings. The lowest BCUT2D eigenvalue weighted by Gasteiger charge is -2.33. The summed E-state index contributed by atoms with van der Waals surface area (Å²) >= 11 is 1.84. The van der Waals surface area contributed by atoms with E-state index in [1.807, 2.05) is 17.8 Å². The molecule has 2 rings (SSSR count). The number of thioether (sulfide) groups is 1. The summed E-state index contributed by atoms with van der Waals surface area (Å²) in [5, 5.41) is 3.79. The smallest absolute Gasteiger partial charge is 0.308 e. The van der Waals surface area contributed by atoms with Gasteiger partial charge in [0.15, 0.2) is 5.96 Å². The normalized spacial score (nSPS) is 16.6. The monoisotopic (exact) mass is 491 g/mol. The number of esters is 1. The third-order valence-electron chi connectivity index (χ3n) is 4.24. The van der Waals surface area contributed by atoms with E-state index >= 15 is 0 Å². The molecular weight excluding hydrogens is 461 g/mol. The molecule has 1 aliphatic rings. The van der Waals surface area contributed by atoms with Crippen LogP contribution in [0.5, 0.6) is 0 Å². The zero-order valence-electron chi connectivity index (χ0n) is 15.8. The Bertz CT molecular complexity index is 563. The molecule has 1 saturated heterocycles. The third-order valence-corrected chi connectivity index (χ3v) is 5.34. The predicted octanol–water partition coefficient (Wildman–Crippen LogP) is 3.64. The molecule has 0 spiro atoms. The maximum absolute atomic E-state index is 11.7. The number of piperidine rings is 1. The highest BCUT2D eigenvalue weighted by atomic mass is 127. The van der Waals surface area contributed by atoms with E-state index in [1.165, 1.54) is 12.0 Å². The van der Waals surface area contributed by atoms with Gasteiger partial charge in [-0.3, -0.25) is 9.79 Å². The number of carbonyl (C=O) groups is 1. The molecule has 1 aliphatic heterocycles. The van der Waals surface area contributed by atoms with Gasteiger partial charge in [0, 0.05) is 29.8 Å². The van der Waals surface area contributed by atoms with Crippen LogP contribution in [-0.4, -0.2) is 55.4 Å². The van der Waals surface area contributed by atoms with Gasteiger partial charge in [-0.15, -0.1) is 35.7 Å². The van der Waals surface area contributed by atoms with Crippen molar-refractivity contribution < 1.29 is 9.53 Å². The Morgan fingerprint density at radius 3 is 2.58 bits per heavy atom. The van der Waals surface area contributed by atoms with Gasteiger partial charge in [-0.05, 0) is 31.9 Å². The molecule has 1 atom stereocenters. The first-order chi connectivity index (χ1) is 12.1. The molecule has 0 radical (unpaired) electrons. The Hall–Kier alpha value is -0.960. The van der Waals surface area contributed by atoms with Crippen LogP contribution >= 0.6 is 35.7 Å². The molecule has 146 valence electrons. The molecule has 0 saturated carbocycles. The lowest BCUT2D eigenvalue weighted by Crippen LogP contribution is -2.46. The van der Waals surface area contributed by atoms with E-state index in [9.17, 15) is 4.79 Å². The van der Waals surface area contributed by atoms with Gasteiger partial charge >= 0.3 is 5.97 Å². The number of likely N-dealkylation sites (tertiary alicyclic amines) is 1. The summed E-state index contributed by atoms with van der Waals surface area (Å²) in [7, 11) is 1.46. The molecule has 26 heavy (non-hydrogen) atoms. The maximum atomic E-state index is 11.7. The molecule has 1 N–H and O–H groups in total. The molecule has 7 heteroatoms. The molecule has 0 amide bonds. The van der Waals surface area contributed by atoms with Gasteiger partial charge in [0.1, 0.15) is 0 Å². The fourth-order valence-electron chi connectivity index (χ4n) is 2.90. The molecular formula is C19H30IN3O2S. The van der Waals surface area contributed by atoms with Crippen molar-refractivity contribution in [3.63, 3.8) is 0 Å². The first-order valence-corrected chi connectivity index (χ1v) is 9.84. The van der Waals surface area contributed by atoms with E-state index in [0.29, 0.717) is 5.25 Å². The van der Waals surface area contributed by atoms with Crippen LogP contribution < -0.4 is 5.32 Å². The number of halogens is 1. The number of hydrogen-bond acceptors (Lipinski definition) is 4. The third kappa shape index (κ3) is 7.34. The van der Waals surface area contributed by atoms with Crippen molar-refractivity contribution in [3.05, 3.63) is 30.3 Å². The second kappa shape index (κ2) is 12.4. The number of benzene rings is 1. The van der Waals surface area contributed by atoms with Crippen LogP contribution in [0.3, 0.4) is 0 Å². The highest BCUT2D eigenvalue weighted by Gasteiger charge is 2.27. The maximum Gasteiger partial charge on any atom is 0.308 e. The van der Waals surface area contributed by atoms with Gasteiger partial charge < -0.3 is 15.0 Å². The SMILES string of the molecule is CCNC(=NCC(C)Sc1ccccc1)N1CCC(C(=O)OC)CC1.I. The van der Waals surface area contributed by atoms with Crippen LogP contribution in [0.2, 0.25) is 0 Å². The van der Waals surface area contributed by atoms with Crippen LogP contribution in [-0.2, 0) is 9.53 Å². The standard InChI is InChI=1S/C19H29N3O2S.HI/c1-4-20-19(22-12-10-16(11-13-22)18(23)24-3)21-14-15(2)25-17-8-6-5-7-9-17;/h5-9,15-16H,4,10-14H2,1-3H3,(H,20,21);1H. The van der Waals surface area contributed by atoms with Crippen LogP contribution in [0.4, 0.5) is 0 Å². The number of hydrogen-bond donors (Lipinski definition) is 1. The lowest BCUT2D eigenvalue weighted by molar-refractivity contribution is -0.146. The number of rotatable bonds is 6. The molecule has 0 aromatic heterocycles. The summed E-state index contributed by atoms with van der Waals surface area (Å²) in [5.74, 6) is 0.887. The second-order valence-electron chi connectivity index (χ2n) is 6.22. The summed E-state index contributed by atoms with van der Waals surface area (Å²) in [5.41, 5.74) is 0. The fourth-order valence-corrected chi connectivity index (χ4v) is 3.83. The number of aliphatic imine (C=N–C) groups is 1. The van der Waals surface area contributed by atoms with Crippen molar-refractivity contribution in [3.8, 4) is 0 Å². The van der Waals surface area contributed by atoms with Crippen LogP contribution in [0, 0.1) is 5.92 Å². The summed E-state index contributed by atoms with van der Waals surface area (Å²) in [6.07, 6.45) is 1.65. The van der Waals surface area contributed by atoms with Crippen LogP contribution in [0.1, 0.15) is 26.7 Å². The van der Waals surface area contributed by atoms with Crippen molar-refractivity contribution in [1.82, 2.24) is 10.2 Å². The molecule has 1 fully saturated rings. The molecule has 1 aromatic carbocycles. The molecule has 1 heterocycles. The van der Waals surface area contributed by atoms with Gasteiger partial charge in [0.25, 0.3) is 0 Å². The Balaban J connectivity index is 0.00000338. The quantitative estimate of drug-likeness (QED) is 0.217. The fraction of sp³-hybridized carbons (Fsp3) is 0.579. The van der Waals surface area contributed by atoms with Crippen molar-refractivity contribution in [1.29, 1.82) is 0 Å². The van der Waals surface area contributed by atoms with E-state index < -0.39 is 0 Å². The zero-order chi connectivity index (χ0) is 18.1. The highest BCUT2D eigenvalue weighted by Crippen LogP contribution is 2.23. The van der Waals surface area contributed by atoms with Gasteiger partial charge in [-0.2, -0.15) is 0 Å². The predicted molar refractivity (Wildman–Crippen MR) is 119 cm³/mol. The number of methoxy groups -OCH3 is 1. The van der Waals surface area contributed by atoms with E-state index in [4.69, 9.17) is 9.73 Å². The van der Waals surface area contributed by atoms with Gasteiger partial charge in [-0.1, -0.05) is 25.1 Å². The van der Waals surface area contributed by atoms with Crippen molar-refractivity contribution in [2.75, 3.05) is 33.3 Å². The van der Waals surface area contributed by atoms with Gasteiger partial charge in [0.05, 0.1) is 19.6 Å². The Kier molecular flexibility index (Phi) is 11.0. The summed E-state index contributed by atoms with van der Waals surface area (Å²) in [4.78, 5) is 20.0. The summed E-state index contributed by atoms with van der Waals surface area (Å²) in [6, 6.07) is 10.4. The Labute approximate surface area is 178 Å². The van der Waals surface area contributed by atoms with E-state index in [-0.39, 0.29) is 35.9 Å². The lowest BCUT2D eigenvalue weighted by atomic mass is 9.97. The Morgan fingerprint density at radius 1 is 1.35 bits per heavy atom. The van der Waals surface area contributed by atoms with Gasteiger partial charge in [0.2, 0.25) is 0 Å². The first-order valence-electron chi connectivity index (χ1n) is 8.96. The number of guanidine groups is 1. The van der Waals surface area contributed by atoms with E-state index in [1.54, 1.807) is 0 Å². The highest BCUT2D eigenvalue weighted by molar-refractivity contribution is 14.0. The average molecular weight is 491 g/mol. The zero-order valence-corrected chi connectivity index (χ0v) is 19.0. The van der Waals surface area contributed by atoms with Crippen LogP contribution in [0.15, 0.2) is 40.2 Å². The molecule has 1 unspecified atom stereocenters. The number of nitrogens with zero attached hydrogens (tertiary/aromatic N) is 2. The summed E-state index contributed by atoms with van der Waals surface area (Å²) < 4.78 is 4.86. The van der Waals surface area contributed by atoms with Crippen molar-refractivity contribution >= 4 is 47.7 Å². The topological polar surface area (TPSA) is 53.9 Å². The van der Waals surface area contributed by atoms with E-state index in [0.717, 1.165) is 45.0 Å². The first kappa shape index (κ1) is 23.1. The van der Waals surface area contributed by atoms with Gasteiger partial charge in [-0.25, -0.2) is 0 Å². The second-order valence-corrected chi connectivity index (χ2v) is 7.73. The molecule has 5 nitrogen and oxygen atoms in total. The number of ether oxygens (including phenoxy) is 1. The van der Waals surface area contributed by atoms with Crippen LogP contribution in [0.25, 0.3) is 0 Å².